The maximum atomic E-state index is 12.5. The van der Waals surface area contributed by atoms with Crippen molar-refractivity contribution in [2.24, 2.45) is 4.99 Å². The van der Waals surface area contributed by atoms with Gasteiger partial charge in [0.25, 0.3) is 5.91 Å². The Morgan fingerprint density at radius 3 is 2.54 bits per heavy atom. The number of hydrogen-bond acceptors (Lipinski definition) is 3. The number of nitrogens with one attached hydrogen (secondary N) is 1. The monoisotopic (exact) mass is 434 g/mol. The molecule has 0 bridgehead atoms. The minimum Gasteiger partial charge on any atom is -0.457 e. The lowest BCUT2D eigenvalue weighted by molar-refractivity contribution is -0.110. The average molecular weight is 435 g/mol. The molecule has 5 heteroatoms. The summed E-state index contributed by atoms with van der Waals surface area (Å²) in [5, 5.41) is 2.95. The van der Waals surface area contributed by atoms with Crippen LogP contribution >= 0.6 is 15.9 Å². The van der Waals surface area contributed by atoms with Crippen molar-refractivity contribution in [2.75, 3.05) is 5.32 Å². The van der Waals surface area contributed by atoms with Crippen LogP contribution in [0.25, 0.3) is 0 Å². The van der Waals surface area contributed by atoms with Gasteiger partial charge in [-0.15, -0.1) is 0 Å². The van der Waals surface area contributed by atoms with E-state index in [0.717, 1.165) is 44.8 Å². The van der Waals surface area contributed by atoms with Gasteiger partial charge in [-0.05, 0) is 66.9 Å². The molecular formula is C23H19BrN2O2. The maximum Gasteiger partial charge on any atom is 0.275 e. The number of halogens is 1. The summed E-state index contributed by atoms with van der Waals surface area (Å²) in [6.07, 6.45) is 0.834. The number of amides is 1. The zero-order valence-corrected chi connectivity index (χ0v) is 17.2. The highest BCUT2D eigenvalue weighted by Crippen LogP contribution is 2.33. The van der Waals surface area contributed by atoms with Gasteiger partial charge in [0.15, 0.2) is 0 Å². The number of benzene rings is 3. The van der Waals surface area contributed by atoms with E-state index in [9.17, 15) is 4.79 Å². The first-order valence-corrected chi connectivity index (χ1v) is 9.91. The molecular weight excluding hydrogens is 416 g/mol. The Morgan fingerprint density at radius 1 is 1.07 bits per heavy atom. The summed E-state index contributed by atoms with van der Waals surface area (Å²) in [7, 11) is 0. The Labute approximate surface area is 172 Å². The minimum atomic E-state index is -0.178. The molecule has 0 spiro atoms. The van der Waals surface area contributed by atoms with Crippen LogP contribution in [0.1, 0.15) is 23.6 Å². The molecule has 3 aromatic rings. The van der Waals surface area contributed by atoms with Crippen LogP contribution < -0.4 is 10.1 Å². The number of anilines is 1. The van der Waals surface area contributed by atoms with Crippen molar-refractivity contribution >= 4 is 38.9 Å². The first kappa shape index (κ1) is 18.4. The van der Waals surface area contributed by atoms with Gasteiger partial charge in [-0.2, -0.15) is 0 Å². The van der Waals surface area contributed by atoms with Crippen LogP contribution in [0.5, 0.6) is 11.5 Å². The van der Waals surface area contributed by atoms with Gasteiger partial charge in [0.2, 0.25) is 0 Å². The highest BCUT2D eigenvalue weighted by atomic mass is 79.9. The van der Waals surface area contributed by atoms with E-state index in [2.05, 4.69) is 33.2 Å². The average Bonchev–Trinajstić information content (AvgIpc) is 3.00. The van der Waals surface area contributed by atoms with Crippen molar-refractivity contribution in [2.45, 2.75) is 20.3 Å². The second-order valence-corrected chi connectivity index (χ2v) is 7.53. The molecule has 0 saturated heterocycles. The van der Waals surface area contributed by atoms with Crippen molar-refractivity contribution in [3.8, 4) is 11.5 Å². The molecule has 140 valence electrons. The van der Waals surface area contributed by atoms with Gasteiger partial charge in [0.05, 0.1) is 11.4 Å². The summed E-state index contributed by atoms with van der Waals surface area (Å²) in [4.78, 5) is 17.1. The molecule has 0 fully saturated rings. The van der Waals surface area contributed by atoms with E-state index >= 15 is 0 Å². The molecule has 0 radical (unpaired) electrons. The minimum absolute atomic E-state index is 0.178. The number of hydrogen-bond donors (Lipinski definition) is 1. The second kappa shape index (κ2) is 7.60. The molecule has 0 unspecified atom stereocenters. The van der Waals surface area contributed by atoms with Gasteiger partial charge in [-0.1, -0.05) is 41.1 Å². The second-order valence-electron chi connectivity index (χ2n) is 6.62. The Morgan fingerprint density at radius 2 is 1.82 bits per heavy atom. The topological polar surface area (TPSA) is 50.7 Å². The molecule has 0 aromatic heterocycles. The van der Waals surface area contributed by atoms with Gasteiger partial charge < -0.3 is 10.1 Å². The first-order chi connectivity index (χ1) is 13.5. The normalized spacial score (nSPS) is 14.1. The highest BCUT2D eigenvalue weighted by molar-refractivity contribution is 9.10. The smallest absolute Gasteiger partial charge is 0.275 e. The summed E-state index contributed by atoms with van der Waals surface area (Å²) in [5.41, 5.74) is 4.98. The van der Waals surface area contributed by atoms with Crippen LogP contribution in [-0.2, 0) is 11.2 Å². The number of nitrogens with zero attached hydrogens (tertiary/aromatic N) is 1. The van der Waals surface area contributed by atoms with Crippen molar-refractivity contribution in [1.29, 1.82) is 0 Å². The molecule has 0 aliphatic carbocycles. The quantitative estimate of drug-likeness (QED) is 0.532. The molecule has 28 heavy (non-hydrogen) atoms. The molecule has 0 saturated carbocycles. The summed E-state index contributed by atoms with van der Waals surface area (Å²) in [5.74, 6) is 1.37. The molecule has 1 aliphatic rings. The van der Waals surface area contributed by atoms with Crippen LogP contribution in [0.4, 0.5) is 11.4 Å². The maximum absolute atomic E-state index is 12.5. The third-order valence-corrected chi connectivity index (χ3v) is 5.13. The number of carbonyl (C=O) groups is 1. The Bertz CT molecular complexity index is 1090. The summed E-state index contributed by atoms with van der Waals surface area (Å²) in [6.45, 7) is 4.07. The zero-order chi connectivity index (χ0) is 19.7. The van der Waals surface area contributed by atoms with E-state index in [4.69, 9.17) is 4.74 Å². The van der Waals surface area contributed by atoms with Gasteiger partial charge in [-0.3, -0.25) is 4.79 Å². The van der Waals surface area contributed by atoms with Crippen LogP contribution in [0.2, 0.25) is 0 Å². The number of ether oxygens (including phenoxy) is 1. The van der Waals surface area contributed by atoms with Gasteiger partial charge in [-0.25, -0.2) is 4.99 Å². The first-order valence-electron chi connectivity index (χ1n) is 9.11. The predicted octanol–water partition coefficient (Wildman–Crippen LogP) is 6.19. The molecule has 4 rings (SSSR count). The van der Waals surface area contributed by atoms with E-state index < -0.39 is 0 Å². The fraction of sp³-hybridized carbons (Fsp3) is 0.130. The molecule has 1 amide bonds. The van der Waals surface area contributed by atoms with E-state index in [1.54, 1.807) is 0 Å². The summed E-state index contributed by atoms with van der Waals surface area (Å²) < 4.78 is 6.86. The van der Waals surface area contributed by atoms with Gasteiger partial charge in [0.1, 0.15) is 17.2 Å². The third-order valence-electron chi connectivity index (χ3n) is 4.67. The van der Waals surface area contributed by atoms with Crippen molar-refractivity contribution in [1.82, 2.24) is 0 Å². The predicted molar refractivity (Wildman–Crippen MR) is 116 cm³/mol. The lowest BCUT2D eigenvalue weighted by Crippen LogP contribution is -2.14. The third kappa shape index (κ3) is 3.58. The number of rotatable bonds is 4. The van der Waals surface area contributed by atoms with Crippen molar-refractivity contribution in [3.05, 3.63) is 81.8 Å². The SMILES string of the molecule is CCc1cc(Br)cc2c1NC(=O)C2=Nc1ccc(Oc2ccccc2C)cc1. The fourth-order valence-corrected chi connectivity index (χ4v) is 3.70. The fourth-order valence-electron chi connectivity index (χ4n) is 3.20. The number of fused-ring (bicyclic) bond motifs is 1. The number of para-hydroxylation sites is 1. The largest absolute Gasteiger partial charge is 0.457 e. The molecule has 0 atom stereocenters. The lowest BCUT2D eigenvalue weighted by atomic mass is 10.0. The summed E-state index contributed by atoms with van der Waals surface area (Å²) in [6, 6.07) is 19.3. The van der Waals surface area contributed by atoms with Crippen LogP contribution in [0.3, 0.4) is 0 Å². The van der Waals surface area contributed by atoms with Gasteiger partial charge in [0, 0.05) is 10.0 Å². The van der Waals surface area contributed by atoms with Crippen molar-refractivity contribution in [3.63, 3.8) is 0 Å². The molecule has 3 aromatic carbocycles. The van der Waals surface area contributed by atoms with E-state index in [0.29, 0.717) is 11.4 Å². The number of aliphatic imine (C=N–C) groups is 1. The number of carbonyl (C=O) groups excluding carboxylic acids is 1. The van der Waals surface area contributed by atoms with Crippen LogP contribution in [-0.4, -0.2) is 11.6 Å². The van der Waals surface area contributed by atoms with Crippen LogP contribution in [0.15, 0.2) is 70.1 Å². The molecule has 1 heterocycles. The van der Waals surface area contributed by atoms with Gasteiger partial charge >= 0.3 is 0 Å². The summed E-state index contributed by atoms with van der Waals surface area (Å²) >= 11 is 3.53. The molecule has 1 N–H and O–H groups in total. The standard InChI is InChI=1S/C23H19BrN2O2/c1-3-15-12-16(24)13-19-21(15)26-23(27)22(19)25-17-8-10-18(11-9-17)28-20-7-5-4-6-14(20)2/h4-13H,3H2,1-2H3,(H,25,26,27). The van der Waals surface area contributed by atoms with Crippen LogP contribution in [0, 0.1) is 6.92 Å². The highest BCUT2D eigenvalue weighted by Gasteiger charge is 2.28. The van der Waals surface area contributed by atoms with E-state index in [1.165, 1.54) is 0 Å². The van der Waals surface area contributed by atoms with E-state index in [-0.39, 0.29) is 5.91 Å². The Hall–Kier alpha value is -2.92. The molecule has 1 aliphatic heterocycles. The lowest BCUT2D eigenvalue weighted by Gasteiger charge is -2.08. The van der Waals surface area contributed by atoms with E-state index in [1.807, 2.05) is 67.6 Å². The number of aryl methyl sites for hydroxylation is 2. The Balaban J connectivity index is 1.63. The molecule has 4 nitrogen and oxygen atoms in total. The Kier molecular flexibility index (Phi) is 5.01. The zero-order valence-electron chi connectivity index (χ0n) is 15.6. The van der Waals surface area contributed by atoms with Crippen molar-refractivity contribution < 1.29 is 9.53 Å².